The zero-order chi connectivity index (χ0) is 16.4. The van der Waals surface area contributed by atoms with Crippen molar-refractivity contribution in [1.82, 2.24) is 14.8 Å². The molecule has 23 heavy (non-hydrogen) atoms. The maximum Gasteiger partial charge on any atom is 0.148 e. The molecule has 122 valence electrons. The van der Waals surface area contributed by atoms with Gasteiger partial charge in [0.2, 0.25) is 0 Å². The van der Waals surface area contributed by atoms with Gasteiger partial charge in [-0.05, 0) is 44.2 Å². The number of aryl methyl sites for hydroxylation is 2. The van der Waals surface area contributed by atoms with Crippen molar-refractivity contribution >= 4 is 24.2 Å². The highest BCUT2D eigenvalue weighted by Crippen LogP contribution is 2.44. The van der Waals surface area contributed by atoms with Gasteiger partial charge in [-0.2, -0.15) is 0 Å². The van der Waals surface area contributed by atoms with Gasteiger partial charge in [-0.3, -0.25) is 0 Å². The normalized spacial score (nSPS) is 24.2. The molecule has 0 radical (unpaired) electrons. The summed E-state index contributed by atoms with van der Waals surface area (Å²) in [5.74, 6) is 3.25. The largest absolute Gasteiger partial charge is 0.373 e. The third-order valence-electron chi connectivity index (χ3n) is 4.65. The Morgan fingerprint density at radius 1 is 1.26 bits per heavy atom. The predicted octanol–water partition coefficient (Wildman–Crippen LogP) is 2.11. The molecule has 0 bridgehead atoms. The number of hydrogen-bond donors (Lipinski definition) is 2. The number of likely N-dealkylation sites (tertiary alicyclic amines) is 1. The summed E-state index contributed by atoms with van der Waals surface area (Å²) >= 11 is 0. The van der Waals surface area contributed by atoms with Crippen LogP contribution in [0.4, 0.5) is 0 Å². The van der Waals surface area contributed by atoms with Crippen LogP contribution in [0, 0.1) is 31.1 Å². The van der Waals surface area contributed by atoms with Crippen molar-refractivity contribution in [3.63, 3.8) is 0 Å². The predicted molar refractivity (Wildman–Crippen MR) is 95.1 cm³/mol. The van der Waals surface area contributed by atoms with Crippen molar-refractivity contribution < 1.29 is 0 Å². The zero-order valence-corrected chi connectivity index (χ0v) is 14.0. The first-order valence-corrected chi connectivity index (χ1v) is 8.02. The zero-order valence-electron chi connectivity index (χ0n) is 14.0. The van der Waals surface area contributed by atoms with Crippen LogP contribution in [0.1, 0.15) is 17.8 Å². The van der Waals surface area contributed by atoms with Gasteiger partial charge in [-0.15, -0.1) is 0 Å². The highest BCUT2D eigenvalue weighted by Gasteiger charge is 2.45. The van der Waals surface area contributed by atoms with E-state index >= 15 is 0 Å². The minimum Gasteiger partial charge on any atom is -0.373 e. The van der Waals surface area contributed by atoms with Gasteiger partial charge < -0.3 is 20.2 Å². The molecule has 1 saturated carbocycles. The second-order valence-corrected chi connectivity index (χ2v) is 6.27. The number of nitrogens with one attached hydrogen (secondary N) is 2. The number of aromatic nitrogens is 1. The molecule has 0 spiro atoms. The van der Waals surface area contributed by atoms with Gasteiger partial charge in [0.1, 0.15) is 18.0 Å². The number of piperidine rings is 1. The Bertz CT molecular complexity index is 652. The van der Waals surface area contributed by atoms with E-state index in [1.54, 1.807) is 6.20 Å². The lowest BCUT2D eigenvalue weighted by Gasteiger charge is -2.18. The van der Waals surface area contributed by atoms with Crippen molar-refractivity contribution in [1.29, 1.82) is 5.41 Å². The molecule has 2 aliphatic rings. The van der Waals surface area contributed by atoms with Gasteiger partial charge in [-0.25, -0.2) is 9.98 Å². The molecule has 2 heterocycles. The summed E-state index contributed by atoms with van der Waals surface area (Å²) in [6.45, 7) is 6.19. The van der Waals surface area contributed by atoms with Crippen molar-refractivity contribution in [3.05, 3.63) is 29.7 Å². The molecule has 0 aromatic carbocycles. The maximum atomic E-state index is 7.54. The lowest BCUT2D eigenvalue weighted by atomic mass is 10.4. The van der Waals surface area contributed by atoms with E-state index in [0.29, 0.717) is 5.84 Å². The fourth-order valence-electron chi connectivity index (χ4n) is 3.27. The molecule has 1 saturated heterocycles. The van der Waals surface area contributed by atoms with Crippen LogP contribution in [0.3, 0.4) is 0 Å². The number of amidine groups is 1. The molecule has 1 aliphatic heterocycles. The van der Waals surface area contributed by atoms with E-state index < -0.39 is 0 Å². The van der Waals surface area contributed by atoms with Gasteiger partial charge in [0.15, 0.2) is 0 Å². The third-order valence-corrected chi connectivity index (χ3v) is 4.65. The quantitative estimate of drug-likeness (QED) is 0.646. The topological polar surface area (TPSA) is 68.8 Å². The molecule has 6 nitrogen and oxygen atoms in total. The summed E-state index contributed by atoms with van der Waals surface area (Å²) < 4.78 is 2.10. The minimum absolute atomic E-state index is 0.702. The van der Waals surface area contributed by atoms with Crippen LogP contribution in [-0.4, -0.2) is 48.0 Å². The maximum absolute atomic E-state index is 7.54. The van der Waals surface area contributed by atoms with Crippen LogP contribution in [-0.2, 0) is 0 Å². The third kappa shape index (κ3) is 3.21. The Kier molecular flexibility index (Phi) is 4.32. The van der Waals surface area contributed by atoms with Gasteiger partial charge >= 0.3 is 0 Å². The average Bonchev–Trinajstić information content (AvgIpc) is 3.02. The van der Waals surface area contributed by atoms with E-state index in [1.807, 2.05) is 7.05 Å². The Balaban J connectivity index is 1.70. The van der Waals surface area contributed by atoms with Crippen molar-refractivity contribution in [2.45, 2.75) is 20.3 Å². The number of fused-ring (bicyclic) bond motifs is 1. The number of nitrogens with zero attached hydrogens (tertiary/aromatic N) is 4. The van der Waals surface area contributed by atoms with Crippen LogP contribution in [0.25, 0.3) is 5.82 Å². The Morgan fingerprint density at radius 3 is 2.48 bits per heavy atom. The first-order chi connectivity index (χ1) is 11.1. The van der Waals surface area contributed by atoms with E-state index in [9.17, 15) is 0 Å². The molecule has 2 atom stereocenters. The molecular formula is C17H24N6. The molecular weight excluding hydrogens is 288 g/mol. The van der Waals surface area contributed by atoms with Crippen molar-refractivity contribution in [3.8, 4) is 0 Å². The van der Waals surface area contributed by atoms with E-state index in [2.05, 4.69) is 50.7 Å². The lowest BCUT2D eigenvalue weighted by molar-refractivity contribution is 0.468. The smallest absolute Gasteiger partial charge is 0.148 e. The van der Waals surface area contributed by atoms with E-state index in [4.69, 9.17) is 5.41 Å². The molecule has 6 heteroatoms. The van der Waals surface area contributed by atoms with E-state index in [-0.39, 0.29) is 0 Å². The van der Waals surface area contributed by atoms with E-state index in [1.165, 1.54) is 19.0 Å². The summed E-state index contributed by atoms with van der Waals surface area (Å²) in [7, 11) is 1.88. The summed E-state index contributed by atoms with van der Waals surface area (Å²) in [6.07, 6.45) is 5.95. The fraction of sp³-hybridized carbons (Fsp3) is 0.471. The second-order valence-electron chi connectivity index (χ2n) is 6.27. The summed E-state index contributed by atoms with van der Waals surface area (Å²) in [5.41, 5.74) is 2.30. The van der Waals surface area contributed by atoms with Crippen LogP contribution < -0.4 is 5.32 Å². The second kappa shape index (κ2) is 6.40. The average molecular weight is 312 g/mol. The number of aliphatic imine (C=N–C) groups is 2. The SMILES string of the molecule is CN\C(=C/N=C\N=C(/C=N)N1CC2CC2C1)n1c(C)ccc1C. The molecule has 2 N–H and O–H groups in total. The van der Waals surface area contributed by atoms with Gasteiger partial charge in [0, 0.05) is 31.5 Å². The lowest BCUT2D eigenvalue weighted by Crippen LogP contribution is -2.31. The Hall–Kier alpha value is -2.37. The molecule has 2 fully saturated rings. The van der Waals surface area contributed by atoms with Crippen LogP contribution in [0.2, 0.25) is 0 Å². The first kappa shape index (κ1) is 15.5. The fourth-order valence-corrected chi connectivity index (χ4v) is 3.27. The first-order valence-electron chi connectivity index (χ1n) is 8.02. The molecule has 3 rings (SSSR count). The molecule has 1 aliphatic carbocycles. The Morgan fingerprint density at radius 2 is 1.91 bits per heavy atom. The standard InChI is InChI=1S/C17H24N6/c1-12-4-5-13(2)23(12)17(19-3)8-20-11-21-16(7-18)22-9-14-6-15(14)10-22/h4-5,7-8,11,14-15,18-19H,6,9-10H2,1-3H3/b17-8+,18-7?,20-11-,21-16+. The van der Waals surface area contributed by atoms with Gasteiger partial charge in [0.25, 0.3) is 0 Å². The van der Waals surface area contributed by atoms with Crippen LogP contribution in [0.15, 0.2) is 28.3 Å². The summed E-state index contributed by atoms with van der Waals surface area (Å²) in [6, 6.07) is 4.16. The van der Waals surface area contributed by atoms with E-state index in [0.717, 1.165) is 42.1 Å². The molecule has 2 unspecified atom stereocenters. The van der Waals surface area contributed by atoms with Crippen LogP contribution >= 0.6 is 0 Å². The monoisotopic (exact) mass is 312 g/mol. The molecule has 1 aromatic rings. The minimum atomic E-state index is 0.702. The highest BCUT2D eigenvalue weighted by atomic mass is 15.2. The summed E-state index contributed by atoms with van der Waals surface area (Å²) in [4.78, 5) is 10.8. The molecule has 0 amide bonds. The Labute approximate surface area is 137 Å². The van der Waals surface area contributed by atoms with Crippen LogP contribution in [0.5, 0.6) is 0 Å². The highest BCUT2D eigenvalue weighted by molar-refractivity contribution is 6.29. The van der Waals surface area contributed by atoms with Gasteiger partial charge in [0.05, 0.1) is 12.4 Å². The summed E-state index contributed by atoms with van der Waals surface area (Å²) in [5, 5.41) is 10.7. The van der Waals surface area contributed by atoms with Crippen molar-refractivity contribution in [2.24, 2.45) is 21.8 Å². The van der Waals surface area contributed by atoms with Gasteiger partial charge in [-0.1, -0.05) is 0 Å². The van der Waals surface area contributed by atoms with Crippen molar-refractivity contribution in [2.75, 3.05) is 20.1 Å². The number of hydrogen-bond acceptors (Lipinski definition) is 3. The number of rotatable bonds is 5. The molecule has 1 aromatic heterocycles.